The number of thiophene rings is 1. The summed E-state index contributed by atoms with van der Waals surface area (Å²) >= 11 is 1.49. The zero-order valence-corrected chi connectivity index (χ0v) is 23.3. The summed E-state index contributed by atoms with van der Waals surface area (Å²) in [5, 5.41) is 16.8. The normalized spacial score (nSPS) is 22.0. The largest absolute Gasteiger partial charge is 0.496 e. The van der Waals surface area contributed by atoms with Crippen LogP contribution in [0.3, 0.4) is 0 Å². The van der Waals surface area contributed by atoms with Crippen molar-refractivity contribution in [3.8, 4) is 5.75 Å². The number of hydrogen-bond acceptors (Lipinski definition) is 7. The molecule has 1 N–H and O–H groups in total. The second-order valence-electron chi connectivity index (χ2n) is 11.2. The number of aliphatic carboxylic acids is 1. The summed E-state index contributed by atoms with van der Waals surface area (Å²) in [6.07, 6.45) is 0.478. The first-order chi connectivity index (χ1) is 17.4. The van der Waals surface area contributed by atoms with Crippen LogP contribution in [0.15, 0.2) is 40.2 Å². The quantitative estimate of drug-likeness (QED) is 0.404. The van der Waals surface area contributed by atoms with Crippen molar-refractivity contribution in [1.29, 1.82) is 0 Å². The van der Waals surface area contributed by atoms with Crippen molar-refractivity contribution in [3.05, 3.63) is 63.4 Å². The van der Waals surface area contributed by atoms with E-state index in [1.54, 1.807) is 31.1 Å². The molecule has 9 heteroatoms. The lowest BCUT2D eigenvalue weighted by Crippen LogP contribution is -2.54. The van der Waals surface area contributed by atoms with Crippen LogP contribution in [-0.4, -0.2) is 44.7 Å². The van der Waals surface area contributed by atoms with Crippen LogP contribution < -0.4 is 4.74 Å². The second kappa shape index (κ2) is 9.93. The Kier molecular flexibility index (Phi) is 7.21. The number of aryl methyl sites for hydroxylation is 1. The summed E-state index contributed by atoms with van der Waals surface area (Å²) in [6, 6.07) is 8.67. The van der Waals surface area contributed by atoms with Crippen molar-refractivity contribution in [1.82, 2.24) is 15.0 Å². The van der Waals surface area contributed by atoms with Gasteiger partial charge in [0.15, 0.2) is 5.82 Å². The monoisotopic (exact) mass is 525 g/mol. The number of carboxylic acid groups (broad SMARTS) is 1. The molecule has 0 saturated carbocycles. The van der Waals surface area contributed by atoms with Crippen molar-refractivity contribution in [2.45, 2.75) is 77.3 Å². The Morgan fingerprint density at radius 3 is 2.54 bits per heavy atom. The zero-order chi connectivity index (χ0) is 27.1. The number of likely N-dealkylation sites (tertiary alicyclic amines) is 1. The van der Waals surface area contributed by atoms with Gasteiger partial charge < -0.3 is 19.3 Å². The molecule has 1 saturated heterocycles. The van der Waals surface area contributed by atoms with E-state index in [0.717, 1.165) is 10.4 Å². The van der Waals surface area contributed by atoms with Gasteiger partial charge in [0.2, 0.25) is 5.89 Å². The van der Waals surface area contributed by atoms with Crippen LogP contribution in [0.25, 0.3) is 0 Å². The molecule has 1 aliphatic heterocycles. The lowest BCUT2D eigenvalue weighted by Gasteiger charge is -2.39. The van der Waals surface area contributed by atoms with E-state index in [2.05, 4.69) is 30.9 Å². The number of amides is 1. The van der Waals surface area contributed by atoms with Gasteiger partial charge in [-0.05, 0) is 53.3 Å². The van der Waals surface area contributed by atoms with Crippen molar-refractivity contribution < 1.29 is 24.0 Å². The molecule has 3 atom stereocenters. The third kappa shape index (κ3) is 4.89. The Morgan fingerprint density at radius 2 is 2.03 bits per heavy atom. The van der Waals surface area contributed by atoms with Gasteiger partial charge in [0.25, 0.3) is 5.91 Å². The highest BCUT2D eigenvalue weighted by Crippen LogP contribution is 2.55. The Balaban J connectivity index is 1.92. The second-order valence-corrected chi connectivity index (χ2v) is 12.2. The number of aromatic nitrogens is 2. The van der Waals surface area contributed by atoms with E-state index in [-0.39, 0.29) is 23.7 Å². The molecule has 1 amide bonds. The highest BCUT2D eigenvalue weighted by Gasteiger charge is 2.60. The van der Waals surface area contributed by atoms with Crippen molar-refractivity contribution in [2.24, 2.45) is 5.92 Å². The fourth-order valence-corrected chi connectivity index (χ4v) is 6.42. The first-order valence-electron chi connectivity index (χ1n) is 12.5. The van der Waals surface area contributed by atoms with Gasteiger partial charge in [0.1, 0.15) is 11.3 Å². The molecule has 0 unspecified atom stereocenters. The number of ether oxygens (including phenoxy) is 1. The summed E-state index contributed by atoms with van der Waals surface area (Å²) in [4.78, 5) is 34.5. The summed E-state index contributed by atoms with van der Waals surface area (Å²) in [5.41, 5.74) is -0.292. The Morgan fingerprint density at radius 1 is 1.30 bits per heavy atom. The molecule has 1 fully saturated rings. The number of carboxylic acids is 1. The molecular formula is C28H35N3O5S. The average molecular weight is 526 g/mol. The third-order valence-electron chi connectivity index (χ3n) is 7.01. The molecule has 0 bridgehead atoms. The van der Waals surface area contributed by atoms with Gasteiger partial charge in [-0.25, -0.2) is 4.79 Å². The van der Waals surface area contributed by atoms with Crippen molar-refractivity contribution in [2.75, 3.05) is 7.11 Å². The topological polar surface area (TPSA) is 106 Å². The molecule has 3 heterocycles. The van der Waals surface area contributed by atoms with Gasteiger partial charge in [-0.1, -0.05) is 51.9 Å². The average Bonchev–Trinajstić information content (AvgIpc) is 3.56. The number of carbonyl (C=O) groups excluding carboxylic acids is 1. The molecule has 4 rings (SSSR count). The fourth-order valence-electron chi connectivity index (χ4n) is 5.54. The van der Waals surface area contributed by atoms with E-state index in [1.807, 2.05) is 37.4 Å². The number of methoxy groups -OCH3 is 1. The lowest BCUT2D eigenvalue weighted by atomic mass is 9.83. The highest BCUT2D eigenvalue weighted by atomic mass is 32.1. The molecule has 0 radical (unpaired) electrons. The minimum absolute atomic E-state index is 0.0268. The van der Waals surface area contributed by atoms with Gasteiger partial charge in [-0.15, -0.1) is 11.3 Å². The van der Waals surface area contributed by atoms with E-state index in [4.69, 9.17) is 9.26 Å². The molecule has 8 nitrogen and oxygen atoms in total. The van der Waals surface area contributed by atoms with Crippen LogP contribution >= 0.6 is 11.3 Å². The lowest BCUT2D eigenvalue weighted by molar-refractivity contribution is -0.150. The molecule has 1 aromatic carbocycles. The molecule has 2 aromatic heterocycles. The highest BCUT2D eigenvalue weighted by molar-refractivity contribution is 7.10. The Labute approximate surface area is 221 Å². The zero-order valence-electron chi connectivity index (χ0n) is 22.4. The standard InChI is InChI=1S/C28H35N3O5S/c1-16(2)14-28(26(33)34)15-19(24-29-17(3)36-30-24)23(22-9-8-12-37-22)31(28)25(32)18-10-11-20(27(4,5)6)21(13-18)35-7/h8-13,16,19,23H,14-15H2,1-7H3,(H,33,34)/t19-,23-,28+/m1/s1. The van der Waals surface area contributed by atoms with Gasteiger partial charge in [-0.3, -0.25) is 4.79 Å². The minimum atomic E-state index is -1.45. The number of nitrogens with zero attached hydrogens (tertiary/aromatic N) is 3. The van der Waals surface area contributed by atoms with Crippen LogP contribution in [0, 0.1) is 12.8 Å². The van der Waals surface area contributed by atoms with Gasteiger partial charge >= 0.3 is 5.97 Å². The summed E-state index contributed by atoms with van der Waals surface area (Å²) in [5.74, 6) is -0.386. The van der Waals surface area contributed by atoms with Crippen LogP contribution in [-0.2, 0) is 10.2 Å². The summed E-state index contributed by atoms with van der Waals surface area (Å²) in [7, 11) is 1.58. The molecule has 198 valence electrons. The maximum Gasteiger partial charge on any atom is 0.329 e. The van der Waals surface area contributed by atoms with Crippen molar-refractivity contribution in [3.63, 3.8) is 0 Å². The number of benzene rings is 1. The fraction of sp³-hybridized carbons (Fsp3) is 0.500. The minimum Gasteiger partial charge on any atom is -0.496 e. The van der Waals surface area contributed by atoms with Gasteiger partial charge in [-0.2, -0.15) is 4.98 Å². The van der Waals surface area contributed by atoms with Crippen molar-refractivity contribution >= 4 is 23.2 Å². The smallest absolute Gasteiger partial charge is 0.329 e. The third-order valence-corrected chi connectivity index (χ3v) is 7.95. The molecule has 1 aliphatic rings. The predicted molar refractivity (Wildman–Crippen MR) is 141 cm³/mol. The molecular weight excluding hydrogens is 490 g/mol. The molecule has 37 heavy (non-hydrogen) atoms. The van der Waals surface area contributed by atoms with Crippen LogP contribution in [0.1, 0.15) is 91.9 Å². The number of rotatable bonds is 7. The van der Waals surface area contributed by atoms with E-state index in [0.29, 0.717) is 29.4 Å². The van der Waals surface area contributed by atoms with Gasteiger partial charge in [0, 0.05) is 17.4 Å². The van der Waals surface area contributed by atoms with E-state index >= 15 is 0 Å². The number of hydrogen-bond donors (Lipinski definition) is 1. The van der Waals surface area contributed by atoms with Crippen LogP contribution in [0.4, 0.5) is 0 Å². The molecule has 3 aromatic rings. The molecule has 0 aliphatic carbocycles. The Bertz CT molecular complexity index is 1280. The first-order valence-corrected chi connectivity index (χ1v) is 13.4. The van der Waals surface area contributed by atoms with Gasteiger partial charge in [0.05, 0.1) is 19.1 Å². The van der Waals surface area contributed by atoms with Crippen LogP contribution in [0.2, 0.25) is 0 Å². The maximum absolute atomic E-state index is 14.4. The Hall–Kier alpha value is -3.20. The SMILES string of the molecule is COc1cc(C(=O)N2[C@@H](c3cccs3)[C@H](c3noc(C)n3)C[C@@]2(CC(C)C)C(=O)O)ccc1C(C)(C)C. The van der Waals surface area contributed by atoms with Crippen LogP contribution in [0.5, 0.6) is 5.75 Å². The number of carbonyl (C=O) groups is 2. The summed E-state index contributed by atoms with van der Waals surface area (Å²) in [6.45, 7) is 11.9. The van der Waals surface area contributed by atoms with E-state index in [9.17, 15) is 14.7 Å². The van der Waals surface area contributed by atoms with E-state index < -0.39 is 23.5 Å². The maximum atomic E-state index is 14.4. The summed E-state index contributed by atoms with van der Waals surface area (Å²) < 4.78 is 10.9. The first kappa shape index (κ1) is 26.9. The molecule has 0 spiro atoms. The predicted octanol–water partition coefficient (Wildman–Crippen LogP) is 5.99. The van der Waals surface area contributed by atoms with E-state index in [1.165, 1.54) is 11.3 Å².